The van der Waals surface area contributed by atoms with Gasteiger partial charge < -0.3 is 0 Å². The normalized spacial score (nSPS) is 28.3. The first kappa shape index (κ1) is 9.98. The molecule has 4 heteroatoms. The van der Waals surface area contributed by atoms with Crippen molar-refractivity contribution in [2.75, 3.05) is 5.75 Å². The van der Waals surface area contributed by atoms with Gasteiger partial charge in [0.1, 0.15) is 0 Å². The molecule has 78 valence electrons. The molecule has 0 saturated carbocycles. The van der Waals surface area contributed by atoms with Crippen LogP contribution in [-0.2, 0) is 0 Å². The van der Waals surface area contributed by atoms with Crippen LogP contribution in [0.15, 0.2) is 30.3 Å². The smallest absolute Gasteiger partial charge is 0.0529 e. The fourth-order valence-electron chi connectivity index (χ4n) is 1.75. The van der Waals surface area contributed by atoms with Crippen LogP contribution in [0.1, 0.15) is 24.4 Å². The molecule has 1 heterocycles. The SMILES string of the molecule is OS1(O)CCCC(c2ccccc2)N1. The van der Waals surface area contributed by atoms with Gasteiger partial charge in [0.25, 0.3) is 0 Å². The summed E-state index contributed by atoms with van der Waals surface area (Å²) in [6.07, 6.45) is 1.84. The van der Waals surface area contributed by atoms with Crippen LogP contribution in [0, 0.1) is 0 Å². The molecule has 0 spiro atoms. The van der Waals surface area contributed by atoms with Crippen molar-refractivity contribution in [3.05, 3.63) is 35.9 Å². The van der Waals surface area contributed by atoms with E-state index in [0.717, 1.165) is 18.4 Å². The largest absolute Gasteiger partial charge is 0.286 e. The predicted octanol–water partition coefficient (Wildman–Crippen LogP) is 2.78. The molecule has 1 aliphatic rings. The van der Waals surface area contributed by atoms with Crippen LogP contribution in [0.5, 0.6) is 0 Å². The van der Waals surface area contributed by atoms with E-state index in [1.807, 2.05) is 30.3 Å². The van der Waals surface area contributed by atoms with E-state index in [1.165, 1.54) is 0 Å². The topological polar surface area (TPSA) is 52.5 Å². The van der Waals surface area contributed by atoms with Crippen molar-refractivity contribution >= 4 is 10.8 Å². The molecule has 1 aliphatic heterocycles. The van der Waals surface area contributed by atoms with Crippen molar-refractivity contribution in [1.82, 2.24) is 4.72 Å². The average molecular weight is 213 g/mol. The van der Waals surface area contributed by atoms with E-state index in [-0.39, 0.29) is 6.04 Å². The average Bonchev–Trinajstić information content (AvgIpc) is 2.18. The molecular weight excluding hydrogens is 198 g/mol. The van der Waals surface area contributed by atoms with Crippen LogP contribution in [0.4, 0.5) is 0 Å². The van der Waals surface area contributed by atoms with E-state index < -0.39 is 10.8 Å². The fourth-order valence-corrected chi connectivity index (χ4v) is 3.15. The lowest BCUT2D eigenvalue weighted by molar-refractivity contribution is 0.422. The number of nitrogens with one attached hydrogen (secondary N) is 1. The highest BCUT2D eigenvalue weighted by molar-refractivity contribution is 8.22. The van der Waals surface area contributed by atoms with Gasteiger partial charge in [0.05, 0.1) is 11.8 Å². The maximum Gasteiger partial charge on any atom is 0.0529 e. The number of benzene rings is 1. The third kappa shape index (κ3) is 2.27. The molecule has 0 aliphatic carbocycles. The predicted molar refractivity (Wildman–Crippen MR) is 59.3 cm³/mol. The van der Waals surface area contributed by atoms with E-state index >= 15 is 0 Å². The van der Waals surface area contributed by atoms with Crippen LogP contribution < -0.4 is 4.72 Å². The summed E-state index contributed by atoms with van der Waals surface area (Å²) in [5.74, 6) is 0.482. The molecule has 1 aromatic carbocycles. The summed E-state index contributed by atoms with van der Waals surface area (Å²) in [5, 5.41) is 0. The summed E-state index contributed by atoms with van der Waals surface area (Å²) in [6, 6.07) is 10.0. The number of hydrogen-bond acceptors (Lipinski definition) is 3. The summed E-state index contributed by atoms with van der Waals surface area (Å²) < 4.78 is 22.0. The first-order valence-corrected chi connectivity index (χ1v) is 6.47. The molecular formula is C10H15NO2S. The zero-order valence-electron chi connectivity index (χ0n) is 7.89. The summed E-state index contributed by atoms with van der Waals surface area (Å²) in [6.45, 7) is 0. The first-order valence-electron chi connectivity index (χ1n) is 4.75. The second kappa shape index (κ2) is 3.90. The molecule has 3 nitrogen and oxygen atoms in total. The summed E-state index contributed by atoms with van der Waals surface area (Å²) in [4.78, 5) is 0. The minimum absolute atomic E-state index is 0.0925. The lowest BCUT2D eigenvalue weighted by atomic mass is 10.0. The second-order valence-corrected chi connectivity index (χ2v) is 5.57. The maximum absolute atomic E-state index is 9.53. The van der Waals surface area contributed by atoms with Crippen molar-refractivity contribution in [2.24, 2.45) is 0 Å². The number of rotatable bonds is 1. The van der Waals surface area contributed by atoms with Crippen molar-refractivity contribution in [1.29, 1.82) is 0 Å². The number of hydrogen-bond donors (Lipinski definition) is 3. The van der Waals surface area contributed by atoms with Gasteiger partial charge in [-0.1, -0.05) is 30.3 Å². The lowest BCUT2D eigenvalue weighted by Gasteiger charge is -2.41. The monoisotopic (exact) mass is 213 g/mol. The Morgan fingerprint density at radius 3 is 2.57 bits per heavy atom. The summed E-state index contributed by atoms with van der Waals surface area (Å²) in [5.41, 5.74) is 1.13. The molecule has 1 atom stereocenters. The van der Waals surface area contributed by atoms with Gasteiger partial charge in [-0.05, 0) is 18.4 Å². The zero-order chi connectivity index (χ0) is 10.0. The van der Waals surface area contributed by atoms with Crippen LogP contribution in [0.25, 0.3) is 0 Å². The third-order valence-corrected chi connectivity index (χ3v) is 3.97. The standard InChI is InChI=1S/C10H15NO2S/c12-14(13)8-4-7-10(11-14)9-5-2-1-3-6-9/h1-3,5-6,10-13H,4,7-8H2. The Morgan fingerprint density at radius 2 is 1.93 bits per heavy atom. The highest BCUT2D eigenvalue weighted by Crippen LogP contribution is 2.43. The third-order valence-electron chi connectivity index (χ3n) is 2.45. The Kier molecular flexibility index (Phi) is 2.78. The molecule has 3 N–H and O–H groups in total. The van der Waals surface area contributed by atoms with E-state index in [1.54, 1.807) is 0 Å². The van der Waals surface area contributed by atoms with E-state index in [9.17, 15) is 9.11 Å². The molecule has 1 aromatic rings. The van der Waals surface area contributed by atoms with Crippen molar-refractivity contribution in [3.63, 3.8) is 0 Å². The molecule has 1 unspecified atom stereocenters. The maximum atomic E-state index is 9.53. The molecule has 0 aromatic heterocycles. The summed E-state index contributed by atoms with van der Waals surface area (Å²) in [7, 11) is -2.53. The highest BCUT2D eigenvalue weighted by atomic mass is 32.3. The molecule has 2 rings (SSSR count). The second-order valence-electron chi connectivity index (χ2n) is 3.59. The quantitative estimate of drug-likeness (QED) is 0.672. The van der Waals surface area contributed by atoms with Gasteiger partial charge in [0, 0.05) is 0 Å². The van der Waals surface area contributed by atoms with Crippen LogP contribution in [0.3, 0.4) is 0 Å². The zero-order valence-corrected chi connectivity index (χ0v) is 8.70. The first-order chi connectivity index (χ1) is 6.67. The molecule has 0 radical (unpaired) electrons. The van der Waals surface area contributed by atoms with E-state index in [0.29, 0.717) is 5.75 Å². The van der Waals surface area contributed by atoms with Gasteiger partial charge in [-0.3, -0.25) is 9.11 Å². The van der Waals surface area contributed by atoms with Crippen LogP contribution in [-0.4, -0.2) is 14.9 Å². The van der Waals surface area contributed by atoms with Crippen LogP contribution >= 0.6 is 10.8 Å². The molecule has 1 fully saturated rings. The van der Waals surface area contributed by atoms with Gasteiger partial charge in [0.2, 0.25) is 0 Å². The van der Waals surface area contributed by atoms with Crippen LogP contribution in [0.2, 0.25) is 0 Å². The van der Waals surface area contributed by atoms with Crippen molar-refractivity contribution in [3.8, 4) is 0 Å². The molecule has 0 bridgehead atoms. The minimum Gasteiger partial charge on any atom is -0.286 e. The Labute approximate surface area is 85.6 Å². The summed E-state index contributed by atoms with van der Waals surface area (Å²) >= 11 is 0. The van der Waals surface area contributed by atoms with Gasteiger partial charge in [-0.2, -0.15) is 0 Å². The highest BCUT2D eigenvalue weighted by Gasteiger charge is 2.24. The fraction of sp³-hybridized carbons (Fsp3) is 0.400. The Hall–Kier alpha value is -0.550. The van der Waals surface area contributed by atoms with Crippen molar-refractivity contribution in [2.45, 2.75) is 18.9 Å². The Morgan fingerprint density at radius 1 is 1.21 bits per heavy atom. The molecule has 1 saturated heterocycles. The van der Waals surface area contributed by atoms with E-state index in [2.05, 4.69) is 4.72 Å². The van der Waals surface area contributed by atoms with Gasteiger partial charge in [-0.25, -0.2) is 4.72 Å². The van der Waals surface area contributed by atoms with Gasteiger partial charge >= 0.3 is 0 Å². The molecule has 0 amide bonds. The van der Waals surface area contributed by atoms with Crippen molar-refractivity contribution < 1.29 is 9.11 Å². The molecule has 14 heavy (non-hydrogen) atoms. The minimum atomic E-state index is -2.53. The Bertz CT molecular complexity index is 302. The van der Waals surface area contributed by atoms with Gasteiger partial charge in [0.15, 0.2) is 0 Å². The Balaban J connectivity index is 2.12. The van der Waals surface area contributed by atoms with E-state index in [4.69, 9.17) is 0 Å². The lowest BCUT2D eigenvalue weighted by Crippen LogP contribution is -2.31. The van der Waals surface area contributed by atoms with Gasteiger partial charge in [-0.15, -0.1) is 10.8 Å².